The summed E-state index contributed by atoms with van der Waals surface area (Å²) in [6.45, 7) is 8.43. The minimum Gasteiger partial charge on any atom is -0.494 e. The number of quaternary nitrogens is 2. The average Bonchev–Trinajstić information content (AvgIpc) is 3.11. The van der Waals surface area contributed by atoms with E-state index >= 15 is 0 Å². The first kappa shape index (κ1) is 18.8. The van der Waals surface area contributed by atoms with Crippen molar-refractivity contribution in [1.29, 1.82) is 0 Å². The summed E-state index contributed by atoms with van der Waals surface area (Å²) in [6, 6.07) is 8.48. The van der Waals surface area contributed by atoms with Gasteiger partial charge in [0.25, 0.3) is 0 Å². The van der Waals surface area contributed by atoms with Gasteiger partial charge in [-0.3, -0.25) is 0 Å². The fourth-order valence-electron chi connectivity index (χ4n) is 3.53. The van der Waals surface area contributed by atoms with E-state index in [1.807, 2.05) is 23.7 Å². The lowest BCUT2D eigenvalue weighted by molar-refractivity contribution is -1.02. The second-order valence-electron chi connectivity index (χ2n) is 6.80. The van der Waals surface area contributed by atoms with Crippen LogP contribution in [0.4, 0.5) is 0 Å². The van der Waals surface area contributed by atoms with Crippen molar-refractivity contribution in [2.24, 2.45) is 0 Å². The second-order valence-corrected chi connectivity index (χ2v) is 6.80. The third-order valence-corrected chi connectivity index (χ3v) is 5.00. The molecule has 0 amide bonds. The number of nitrogens with zero attached hydrogens (tertiary/aromatic N) is 4. The number of nitrogens with one attached hydrogen (secondary N) is 2. The number of rotatable bonds is 8. The monoisotopic (exact) mass is 362 g/mol. The van der Waals surface area contributed by atoms with Gasteiger partial charge in [-0.25, -0.2) is 4.68 Å². The predicted molar refractivity (Wildman–Crippen MR) is 96.5 cm³/mol. The number of hydrogen-bond acceptors (Lipinski definition) is 5. The van der Waals surface area contributed by atoms with Gasteiger partial charge in [-0.2, -0.15) is 0 Å². The van der Waals surface area contributed by atoms with Crippen molar-refractivity contribution < 1.29 is 19.3 Å². The molecule has 1 fully saturated rings. The minimum absolute atomic E-state index is 0.116. The van der Waals surface area contributed by atoms with Crippen molar-refractivity contribution in [2.45, 2.75) is 19.5 Å². The number of hydrogen-bond donors (Lipinski definition) is 2. The standard InChI is InChI=1S/C18H28N6O2/c1-4-26-16-7-5-15(6-8-16)17(23-11-9-22(2)10-12-23)18-19-20-21-24(18)13-14-25-3/h5-8,17H,4,9-14H2,1-3H3/p+2/t17-/m1/s1. The molecule has 26 heavy (non-hydrogen) atoms. The highest BCUT2D eigenvalue weighted by atomic mass is 16.5. The third-order valence-electron chi connectivity index (χ3n) is 5.00. The van der Waals surface area contributed by atoms with Crippen LogP contribution >= 0.6 is 0 Å². The molecule has 8 heteroatoms. The Morgan fingerprint density at radius 2 is 1.88 bits per heavy atom. The smallest absolute Gasteiger partial charge is 0.214 e. The lowest BCUT2D eigenvalue weighted by Gasteiger charge is -2.32. The van der Waals surface area contributed by atoms with Crippen LogP contribution < -0.4 is 14.5 Å². The van der Waals surface area contributed by atoms with Gasteiger partial charge in [-0.1, -0.05) is 0 Å². The molecule has 3 rings (SSSR count). The van der Waals surface area contributed by atoms with Crippen LogP contribution in [0, 0.1) is 0 Å². The van der Waals surface area contributed by atoms with Crippen LogP contribution in [0.5, 0.6) is 5.75 Å². The Bertz CT molecular complexity index is 667. The first-order chi connectivity index (χ1) is 12.7. The maximum atomic E-state index is 5.60. The van der Waals surface area contributed by atoms with Crippen molar-refractivity contribution in [1.82, 2.24) is 20.2 Å². The SMILES string of the molecule is CCOc1ccc([C@H](c2nnnn2CCOC)[NH+]2CC[NH+](C)CC2)cc1. The van der Waals surface area contributed by atoms with E-state index in [1.54, 1.807) is 12.0 Å². The highest BCUT2D eigenvalue weighted by molar-refractivity contribution is 5.30. The molecule has 0 radical (unpaired) electrons. The molecule has 0 aliphatic carbocycles. The number of piperazine rings is 1. The van der Waals surface area contributed by atoms with E-state index in [1.165, 1.54) is 10.5 Å². The van der Waals surface area contributed by atoms with Gasteiger partial charge in [0, 0.05) is 12.7 Å². The average molecular weight is 362 g/mol. The summed E-state index contributed by atoms with van der Waals surface area (Å²) in [5, 5.41) is 12.5. The first-order valence-electron chi connectivity index (χ1n) is 9.36. The second kappa shape index (κ2) is 9.07. The molecule has 8 nitrogen and oxygen atoms in total. The summed E-state index contributed by atoms with van der Waals surface area (Å²) < 4.78 is 12.7. The van der Waals surface area contributed by atoms with Crippen LogP contribution in [0.3, 0.4) is 0 Å². The lowest BCUT2D eigenvalue weighted by Crippen LogP contribution is -3.27. The molecule has 0 unspecified atom stereocenters. The number of ether oxygens (including phenoxy) is 2. The maximum absolute atomic E-state index is 5.60. The highest BCUT2D eigenvalue weighted by Crippen LogP contribution is 2.20. The van der Waals surface area contributed by atoms with E-state index in [0.717, 1.165) is 37.8 Å². The Morgan fingerprint density at radius 1 is 1.15 bits per heavy atom. The number of benzene rings is 1. The summed E-state index contributed by atoms with van der Waals surface area (Å²) in [6.07, 6.45) is 0. The van der Waals surface area contributed by atoms with Crippen molar-refractivity contribution in [2.75, 3.05) is 53.6 Å². The number of methoxy groups -OCH3 is 1. The molecule has 1 saturated heterocycles. The lowest BCUT2D eigenvalue weighted by atomic mass is 10.0. The van der Waals surface area contributed by atoms with E-state index in [4.69, 9.17) is 9.47 Å². The molecule has 0 bridgehead atoms. The zero-order chi connectivity index (χ0) is 18.4. The topological polar surface area (TPSA) is 70.9 Å². The molecule has 2 heterocycles. The summed E-state index contributed by atoms with van der Waals surface area (Å²) >= 11 is 0. The molecule has 1 aliphatic rings. The Labute approximate surface area is 154 Å². The van der Waals surface area contributed by atoms with E-state index in [2.05, 4.69) is 34.7 Å². The summed E-state index contributed by atoms with van der Waals surface area (Å²) in [4.78, 5) is 3.09. The van der Waals surface area contributed by atoms with Gasteiger partial charge in [0.15, 0.2) is 6.04 Å². The summed E-state index contributed by atoms with van der Waals surface area (Å²) in [5.74, 6) is 1.80. The van der Waals surface area contributed by atoms with Crippen LogP contribution in [-0.2, 0) is 11.3 Å². The zero-order valence-electron chi connectivity index (χ0n) is 15.9. The maximum Gasteiger partial charge on any atom is 0.214 e. The third kappa shape index (κ3) is 4.38. The van der Waals surface area contributed by atoms with Gasteiger partial charge < -0.3 is 19.3 Å². The van der Waals surface area contributed by atoms with E-state index < -0.39 is 0 Å². The number of aromatic nitrogens is 4. The molecule has 0 spiro atoms. The zero-order valence-corrected chi connectivity index (χ0v) is 15.9. The number of likely N-dealkylation sites (N-methyl/N-ethyl adjacent to an activating group) is 1. The fraction of sp³-hybridized carbons (Fsp3) is 0.611. The Morgan fingerprint density at radius 3 is 2.54 bits per heavy atom. The predicted octanol–water partition coefficient (Wildman–Crippen LogP) is -1.78. The number of tetrazole rings is 1. The van der Waals surface area contributed by atoms with Gasteiger partial charge in [0.2, 0.25) is 5.82 Å². The van der Waals surface area contributed by atoms with E-state index in [0.29, 0.717) is 19.8 Å². The van der Waals surface area contributed by atoms with Crippen molar-refractivity contribution in [3.8, 4) is 5.75 Å². The Kier molecular flexibility index (Phi) is 6.54. The Balaban J connectivity index is 1.90. The van der Waals surface area contributed by atoms with Crippen LogP contribution in [-0.4, -0.2) is 73.8 Å². The van der Waals surface area contributed by atoms with Gasteiger partial charge in [0.1, 0.15) is 31.9 Å². The van der Waals surface area contributed by atoms with E-state index in [9.17, 15) is 0 Å². The summed E-state index contributed by atoms with van der Waals surface area (Å²) in [7, 11) is 3.95. The fourth-order valence-corrected chi connectivity index (χ4v) is 3.53. The van der Waals surface area contributed by atoms with Crippen LogP contribution in [0.15, 0.2) is 24.3 Å². The van der Waals surface area contributed by atoms with Crippen molar-refractivity contribution >= 4 is 0 Å². The molecule has 142 valence electrons. The molecule has 1 aromatic carbocycles. The molecule has 2 N–H and O–H groups in total. The highest BCUT2D eigenvalue weighted by Gasteiger charge is 2.34. The molecule has 1 atom stereocenters. The first-order valence-corrected chi connectivity index (χ1v) is 9.36. The van der Waals surface area contributed by atoms with Gasteiger partial charge >= 0.3 is 0 Å². The molecular weight excluding hydrogens is 332 g/mol. The molecule has 1 aromatic heterocycles. The van der Waals surface area contributed by atoms with Gasteiger partial charge in [0.05, 0.1) is 26.8 Å². The van der Waals surface area contributed by atoms with Crippen LogP contribution in [0.2, 0.25) is 0 Å². The normalized spacial score (nSPS) is 21.5. The molecule has 1 aliphatic heterocycles. The van der Waals surface area contributed by atoms with Crippen molar-refractivity contribution in [3.05, 3.63) is 35.7 Å². The van der Waals surface area contributed by atoms with Gasteiger partial charge in [-0.05, 0) is 41.6 Å². The Hall–Kier alpha value is -2.03. The summed E-state index contributed by atoms with van der Waals surface area (Å²) in [5.41, 5.74) is 1.22. The largest absolute Gasteiger partial charge is 0.494 e. The molecule has 0 saturated carbocycles. The van der Waals surface area contributed by atoms with Crippen molar-refractivity contribution in [3.63, 3.8) is 0 Å². The quantitative estimate of drug-likeness (QED) is 0.581. The van der Waals surface area contributed by atoms with Gasteiger partial charge in [-0.15, -0.1) is 5.10 Å². The minimum atomic E-state index is 0.116. The molecule has 2 aromatic rings. The van der Waals surface area contributed by atoms with Crippen LogP contribution in [0.25, 0.3) is 0 Å². The van der Waals surface area contributed by atoms with Crippen LogP contribution in [0.1, 0.15) is 24.4 Å². The van der Waals surface area contributed by atoms with E-state index in [-0.39, 0.29) is 6.04 Å². The molecular formula is C18H30N6O2+2.